The molecule has 1 saturated carbocycles. The molecule has 0 nitrogen and oxygen atoms in total. The Balaban J connectivity index is 1.94. The van der Waals surface area contributed by atoms with E-state index in [1.807, 2.05) is 0 Å². The van der Waals surface area contributed by atoms with E-state index in [2.05, 4.69) is 33.8 Å². The molecule has 0 bridgehead atoms. The molecule has 0 spiro atoms. The fraction of sp³-hybridized carbons (Fsp3) is 0.684. The molecule has 0 atom stereocenters. The highest BCUT2D eigenvalue weighted by molar-refractivity contribution is 5.25. The van der Waals surface area contributed by atoms with Crippen molar-refractivity contribution in [3.05, 3.63) is 35.1 Å². The highest BCUT2D eigenvalue weighted by atomic mass is 19.1. The number of halogens is 1. The Morgan fingerprint density at radius 2 is 1.60 bits per heavy atom. The second kappa shape index (κ2) is 6.28. The third-order valence-corrected chi connectivity index (χ3v) is 5.02. The molecule has 1 aliphatic carbocycles. The standard InChI is InChI=1S/C19H29F/c1-5-14-10-16(13-18(20)12-14)11-15-6-8-17(9-7-15)19(2,3)4/h10,12-13,15,17H,5-9,11H2,1-4H3. The van der Waals surface area contributed by atoms with E-state index in [-0.39, 0.29) is 5.82 Å². The van der Waals surface area contributed by atoms with Gasteiger partial charge in [0.15, 0.2) is 0 Å². The van der Waals surface area contributed by atoms with Crippen molar-refractivity contribution in [2.24, 2.45) is 17.3 Å². The molecule has 2 rings (SSSR count). The number of aryl methyl sites for hydroxylation is 1. The van der Waals surface area contributed by atoms with Gasteiger partial charge >= 0.3 is 0 Å². The number of rotatable bonds is 3. The van der Waals surface area contributed by atoms with E-state index >= 15 is 0 Å². The fourth-order valence-electron chi connectivity index (χ4n) is 3.61. The zero-order valence-corrected chi connectivity index (χ0v) is 13.5. The number of hydrogen-bond donors (Lipinski definition) is 0. The lowest BCUT2D eigenvalue weighted by molar-refractivity contribution is 0.150. The Hall–Kier alpha value is -0.850. The van der Waals surface area contributed by atoms with Crippen LogP contribution >= 0.6 is 0 Å². The Kier molecular flexibility index (Phi) is 4.88. The van der Waals surface area contributed by atoms with Crippen LogP contribution in [0.3, 0.4) is 0 Å². The molecule has 0 unspecified atom stereocenters. The van der Waals surface area contributed by atoms with E-state index in [0.29, 0.717) is 5.41 Å². The van der Waals surface area contributed by atoms with Crippen LogP contribution in [0.5, 0.6) is 0 Å². The molecule has 0 N–H and O–H groups in total. The molecule has 0 aliphatic heterocycles. The summed E-state index contributed by atoms with van der Waals surface area (Å²) in [6.45, 7) is 9.17. The van der Waals surface area contributed by atoms with Crippen LogP contribution in [0.1, 0.15) is 64.5 Å². The maximum atomic E-state index is 13.6. The lowest BCUT2D eigenvalue weighted by Gasteiger charge is -2.37. The molecule has 1 heteroatoms. The average molecular weight is 276 g/mol. The van der Waals surface area contributed by atoms with Crippen LogP contribution in [0.25, 0.3) is 0 Å². The largest absolute Gasteiger partial charge is 0.207 e. The van der Waals surface area contributed by atoms with Gasteiger partial charge in [0.25, 0.3) is 0 Å². The van der Waals surface area contributed by atoms with Gasteiger partial charge in [-0.1, -0.05) is 33.8 Å². The molecule has 0 radical (unpaired) electrons. The van der Waals surface area contributed by atoms with Crippen molar-refractivity contribution in [1.29, 1.82) is 0 Å². The summed E-state index contributed by atoms with van der Waals surface area (Å²) >= 11 is 0. The molecule has 0 aromatic heterocycles. The first kappa shape index (κ1) is 15.5. The summed E-state index contributed by atoms with van der Waals surface area (Å²) in [7, 11) is 0. The first-order chi connectivity index (χ1) is 9.38. The van der Waals surface area contributed by atoms with Gasteiger partial charge in [-0.3, -0.25) is 0 Å². The molecule has 1 aromatic rings. The summed E-state index contributed by atoms with van der Waals surface area (Å²) in [6.07, 6.45) is 7.26. The van der Waals surface area contributed by atoms with Gasteiger partial charge < -0.3 is 0 Å². The van der Waals surface area contributed by atoms with E-state index in [4.69, 9.17) is 0 Å². The lowest BCUT2D eigenvalue weighted by Crippen LogP contribution is -2.26. The Morgan fingerprint density at radius 1 is 1.00 bits per heavy atom. The summed E-state index contributed by atoms with van der Waals surface area (Å²) in [4.78, 5) is 0. The van der Waals surface area contributed by atoms with Crippen LogP contribution in [-0.2, 0) is 12.8 Å². The fourth-order valence-corrected chi connectivity index (χ4v) is 3.61. The van der Waals surface area contributed by atoms with Gasteiger partial charge in [0, 0.05) is 0 Å². The number of benzene rings is 1. The second-order valence-electron chi connectivity index (χ2n) is 7.61. The highest BCUT2D eigenvalue weighted by Gasteiger charge is 2.29. The lowest BCUT2D eigenvalue weighted by atomic mass is 9.69. The minimum atomic E-state index is -0.0669. The predicted molar refractivity (Wildman–Crippen MR) is 84.4 cm³/mol. The smallest absolute Gasteiger partial charge is 0.123 e. The summed E-state index contributed by atoms with van der Waals surface area (Å²) in [5.41, 5.74) is 2.77. The van der Waals surface area contributed by atoms with Gasteiger partial charge in [-0.05, 0) is 79.0 Å². The van der Waals surface area contributed by atoms with Crippen molar-refractivity contribution in [2.45, 2.75) is 66.2 Å². The molecular formula is C19H29F. The molecule has 112 valence electrons. The van der Waals surface area contributed by atoms with Crippen LogP contribution in [0.15, 0.2) is 18.2 Å². The van der Waals surface area contributed by atoms with E-state index in [1.165, 1.54) is 31.2 Å². The van der Waals surface area contributed by atoms with E-state index in [9.17, 15) is 4.39 Å². The molecule has 1 aromatic carbocycles. The minimum Gasteiger partial charge on any atom is -0.207 e. The molecule has 20 heavy (non-hydrogen) atoms. The zero-order valence-electron chi connectivity index (χ0n) is 13.5. The normalized spacial score (nSPS) is 23.9. The van der Waals surface area contributed by atoms with Crippen molar-refractivity contribution in [3.63, 3.8) is 0 Å². The third kappa shape index (κ3) is 4.07. The van der Waals surface area contributed by atoms with Crippen LogP contribution in [0.4, 0.5) is 4.39 Å². The van der Waals surface area contributed by atoms with Crippen LogP contribution in [0, 0.1) is 23.1 Å². The first-order valence-electron chi connectivity index (χ1n) is 8.17. The van der Waals surface area contributed by atoms with Crippen molar-refractivity contribution in [1.82, 2.24) is 0 Å². The molecular weight excluding hydrogens is 247 g/mol. The van der Waals surface area contributed by atoms with Crippen molar-refractivity contribution >= 4 is 0 Å². The topological polar surface area (TPSA) is 0 Å². The van der Waals surface area contributed by atoms with Gasteiger partial charge in [0.05, 0.1) is 0 Å². The molecule has 1 fully saturated rings. The summed E-state index contributed by atoms with van der Waals surface area (Å²) in [6, 6.07) is 5.59. The Morgan fingerprint density at radius 3 is 2.15 bits per heavy atom. The minimum absolute atomic E-state index is 0.0669. The third-order valence-electron chi connectivity index (χ3n) is 5.02. The van der Waals surface area contributed by atoms with Crippen LogP contribution in [-0.4, -0.2) is 0 Å². The summed E-state index contributed by atoms with van der Waals surface area (Å²) in [5.74, 6) is 1.54. The molecule has 0 heterocycles. The maximum absolute atomic E-state index is 13.6. The van der Waals surface area contributed by atoms with Crippen LogP contribution in [0.2, 0.25) is 0 Å². The molecule has 1 aliphatic rings. The quantitative estimate of drug-likeness (QED) is 0.656. The Labute approximate surface area is 123 Å². The summed E-state index contributed by atoms with van der Waals surface area (Å²) < 4.78 is 13.6. The number of hydrogen-bond acceptors (Lipinski definition) is 0. The van der Waals surface area contributed by atoms with E-state index < -0.39 is 0 Å². The molecule has 0 amide bonds. The Bertz CT molecular complexity index is 434. The maximum Gasteiger partial charge on any atom is 0.123 e. The average Bonchev–Trinajstić information content (AvgIpc) is 2.37. The monoisotopic (exact) mass is 276 g/mol. The van der Waals surface area contributed by atoms with Gasteiger partial charge in [-0.25, -0.2) is 4.39 Å². The zero-order chi connectivity index (χ0) is 14.8. The van der Waals surface area contributed by atoms with Crippen molar-refractivity contribution in [3.8, 4) is 0 Å². The van der Waals surface area contributed by atoms with E-state index in [1.54, 1.807) is 12.1 Å². The van der Waals surface area contributed by atoms with Gasteiger partial charge in [-0.15, -0.1) is 0 Å². The van der Waals surface area contributed by atoms with Crippen molar-refractivity contribution < 1.29 is 4.39 Å². The van der Waals surface area contributed by atoms with Gasteiger partial charge in [0.1, 0.15) is 5.82 Å². The predicted octanol–water partition coefficient (Wildman–Crippen LogP) is 5.78. The first-order valence-corrected chi connectivity index (χ1v) is 8.17. The van der Waals surface area contributed by atoms with Crippen LogP contribution < -0.4 is 0 Å². The highest BCUT2D eigenvalue weighted by Crippen LogP contribution is 2.40. The summed E-state index contributed by atoms with van der Waals surface area (Å²) in [5, 5.41) is 0. The SMILES string of the molecule is CCc1cc(F)cc(CC2CCC(C(C)(C)C)CC2)c1. The second-order valence-corrected chi connectivity index (χ2v) is 7.61. The van der Waals surface area contributed by atoms with Gasteiger partial charge in [-0.2, -0.15) is 0 Å². The van der Waals surface area contributed by atoms with Gasteiger partial charge in [0.2, 0.25) is 0 Å². The van der Waals surface area contributed by atoms with Crippen molar-refractivity contribution in [2.75, 3.05) is 0 Å². The molecule has 0 saturated heterocycles. The van der Waals surface area contributed by atoms with E-state index in [0.717, 1.165) is 30.2 Å².